The maximum Gasteiger partial charge on any atom is 0.422 e. The summed E-state index contributed by atoms with van der Waals surface area (Å²) in [6.07, 6.45) is 3.78. The minimum absolute atomic E-state index is 0.123. The fourth-order valence-electron chi connectivity index (χ4n) is 3.90. The molecule has 1 fully saturated rings. The molecule has 0 heterocycles. The molecule has 0 N–H and O–H groups in total. The van der Waals surface area contributed by atoms with E-state index in [2.05, 4.69) is 43.0 Å². The van der Waals surface area contributed by atoms with Crippen molar-refractivity contribution in [2.45, 2.75) is 51.1 Å². The first-order chi connectivity index (χ1) is 14.3. The summed E-state index contributed by atoms with van der Waals surface area (Å²) in [7, 11) is 0. The van der Waals surface area contributed by atoms with Gasteiger partial charge in [-0.3, -0.25) is 0 Å². The largest absolute Gasteiger partial charge is 0.422 e. The number of alkyl halides is 3. The maximum absolute atomic E-state index is 13.6. The number of rotatable bonds is 3. The van der Waals surface area contributed by atoms with Crippen molar-refractivity contribution in [2.24, 2.45) is 5.92 Å². The molecular formula is C25H23F5. The molecule has 0 unspecified atom stereocenters. The number of hydrogen-bond donors (Lipinski definition) is 0. The van der Waals surface area contributed by atoms with E-state index in [9.17, 15) is 22.0 Å². The van der Waals surface area contributed by atoms with Gasteiger partial charge in [-0.2, -0.15) is 13.2 Å². The van der Waals surface area contributed by atoms with E-state index in [0.29, 0.717) is 24.0 Å². The Labute approximate surface area is 173 Å². The smallest absolute Gasteiger partial charge is 0.206 e. The van der Waals surface area contributed by atoms with E-state index < -0.39 is 23.4 Å². The monoisotopic (exact) mass is 418 g/mol. The van der Waals surface area contributed by atoms with Crippen LogP contribution in [0.5, 0.6) is 0 Å². The lowest BCUT2D eigenvalue weighted by molar-refractivity contribution is -0.142. The molecule has 0 bridgehead atoms. The van der Waals surface area contributed by atoms with E-state index in [1.807, 2.05) is 6.08 Å². The highest BCUT2D eigenvalue weighted by Crippen LogP contribution is 2.36. The minimum atomic E-state index is -5.07. The highest BCUT2D eigenvalue weighted by atomic mass is 19.4. The second-order valence-corrected chi connectivity index (χ2v) is 7.65. The zero-order valence-electron chi connectivity index (χ0n) is 16.7. The summed E-state index contributed by atoms with van der Waals surface area (Å²) in [5.41, 5.74) is 0.703. The summed E-state index contributed by atoms with van der Waals surface area (Å²) in [5.74, 6) is 2.82. The summed E-state index contributed by atoms with van der Waals surface area (Å²) in [4.78, 5) is 0. The zero-order chi connectivity index (χ0) is 21.7. The van der Waals surface area contributed by atoms with Crippen molar-refractivity contribution in [3.8, 4) is 11.8 Å². The molecule has 0 spiro atoms. The van der Waals surface area contributed by atoms with E-state index in [4.69, 9.17) is 0 Å². The number of halogens is 5. The molecule has 158 valence electrons. The summed E-state index contributed by atoms with van der Waals surface area (Å²) < 4.78 is 64.9. The fourth-order valence-corrected chi connectivity index (χ4v) is 3.90. The van der Waals surface area contributed by atoms with Crippen LogP contribution in [-0.4, -0.2) is 0 Å². The summed E-state index contributed by atoms with van der Waals surface area (Å²) in [5, 5.41) is 0. The molecular weight excluding hydrogens is 395 g/mol. The zero-order valence-corrected chi connectivity index (χ0v) is 16.7. The summed E-state index contributed by atoms with van der Waals surface area (Å²) in [6, 6.07) is 10.0. The lowest BCUT2D eigenvalue weighted by Crippen LogP contribution is -2.11. The highest BCUT2D eigenvalue weighted by Gasteiger charge is 2.37. The van der Waals surface area contributed by atoms with Crippen LogP contribution in [0.2, 0.25) is 0 Å². The first kappa shape index (κ1) is 22.1. The van der Waals surface area contributed by atoms with Gasteiger partial charge in [0.15, 0.2) is 0 Å². The van der Waals surface area contributed by atoms with Crippen LogP contribution in [0.3, 0.4) is 0 Å². The number of allylic oxidation sites excluding steroid dienone is 2. The van der Waals surface area contributed by atoms with Crippen molar-refractivity contribution in [1.82, 2.24) is 0 Å². The molecule has 3 rings (SSSR count). The predicted octanol–water partition coefficient (Wildman–Crippen LogP) is 7.43. The van der Waals surface area contributed by atoms with Crippen LogP contribution in [-0.2, 0) is 12.6 Å². The molecule has 30 heavy (non-hydrogen) atoms. The molecule has 2 aromatic carbocycles. The Hall–Kier alpha value is -2.61. The fraction of sp³-hybridized carbons (Fsp3) is 0.360. The first-order valence-corrected chi connectivity index (χ1v) is 10.1. The van der Waals surface area contributed by atoms with Crippen LogP contribution in [0, 0.1) is 29.4 Å². The van der Waals surface area contributed by atoms with Gasteiger partial charge in [0, 0.05) is 5.56 Å². The Morgan fingerprint density at radius 1 is 0.967 bits per heavy atom. The Balaban J connectivity index is 1.57. The molecule has 0 saturated heterocycles. The molecule has 1 saturated carbocycles. The van der Waals surface area contributed by atoms with Crippen molar-refractivity contribution in [2.75, 3.05) is 0 Å². The van der Waals surface area contributed by atoms with Crippen molar-refractivity contribution in [3.63, 3.8) is 0 Å². The van der Waals surface area contributed by atoms with E-state index >= 15 is 0 Å². The van der Waals surface area contributed by atoms with Crippen LogP contribution < -0.4 is 0 Å². The molecule has 0 amide bonds. The van der Waals surface area contributed by atoms with Crippen LogP contribution in [0.15, 0.2) is 48.6 Å². The summed E-state index contributed by atoms with van der Waals surface area (Å²) in [6.45, 7) is 2.14. The Kier molecular flexibility index (Phi) is 6.97. The third kappa shape index (κ3) is 5.50. The lowest BCUT2D eigenvalue weighted by Gasteiger charge is -2.27. The second kappa shape index (κ2) is 9.47. The molecule has 0 aromatic heterocycles. The topological polar surface area (TPSA) is 0 Å². The average Bonchev–Trinajstić information content (AvgIpc) is 2.70. The quantitative estimate of drug-likeness (QED) is 0.359. The lowest BCUT2D eigenvalue weighted by atomic mass is 9.78. The van der Waals surface area contributed by atoms with Gasteiger partial charge in [0.25, 0.3) is 0 Å². The van der Waals surface area contributed by atoms with Gasteiger partial charge in [-0.1, -0.05) is 49.1 Å². The van der Waals surface area contributed by atoms with Crippen LogP contribution in [0.4, 0.5) is 22.0 Å². The highest BCUT2D eigenvalue weighted by molar-refractivity contribution is 5.40. The van der Waals surface area contributed by atoms with E-state index in [1.165, 1.54) is 11.1 Å². The van der Waals surface area contributed by atoms with Crippen molar-refractivity contribution in [3.05, 3.63) is 82.4 Å². The second-order valence-electron chi connectivity index (χ2n) is 7.65. The average molecular weight is 418 g/mol. The standard InChI is InChI=1S/C25H23F5/c1-2-17-7-11-20(12-8-17)21-13-9-18(10-14-21)5-3-4-6-19-15-22(26)24(23(27)16-19)25(28,29)30/h3,5,7-8,11-12,15-16,18,21H,2,9-10,13-14H2,1H3/b5-3+/t18-,21-. The number of benzene rings is 2. The van der Waals surface area contributed by atoms with Gasteiger partial charge >= 0.3 is 6.18 Å². The van der Waals surface area contributed by atoms with Gasteiger partial charge in [-0.25, -0.2) is 8.78 Å². The number of hydrogen-bond acceptors (Lipinski definition) is 0. The molecule has 0 nitrogen and oxygen atoms in total. The van der Waals surface area contributed by atoms with Gasteiger partial charge in [0.2, 0.25) is 0 Å². The maximum atomic E-state index is 13.6. The van der Waals surface area contributed by atoms with Gasteiger partial charge in [0.1, 0.15) is 17.2 Å². The SMILES string of the molecule is CCc1ccc([C@H]2CC[C@H](/C=C/C#Cc3cc(F)c(C(F)(F)F)c(F)c3)CC2)cc1. The van der Waals surface area contributed by atoms with Crippen molar-refractivity contribution in [1.29, 1.82) is 0 Å². The van der Waals surface area contributed by atoms with E-state index in [0.717, 1.165) is 32.1 Å². The molecule has 5 heteroatoms. The third-order valence-corrected chi connectivity index (χ3v) is 5.63. The van der Waals surface area contributed by atoms with Crippen LogP contribution >= 0.6 is 0 Å². The third-order valence-electron chi connectivity index (χ3n) is 5.63. The Morgan fingerprint density at radius 3 is 2.10 bits per heavy atom. The molecule has 2 aromatic rings. The van der Waals surface area contributed by atoms with Crippen LogP contribution in [0.25, 0.3) is 0 Å². The van der Waals surface area contributed by atoms with Gasteiger partial charge < -0.3 is 0 Å². The molecule has 0 atom stereocenters. The van der Waals surface area contributed by atoms with Gasteiger partial charge in [-0.05, 0) is 73.3 Å². The molecule has 0 radical (unpaired) electrons. The Bertz CT molecular complexity index is 927. The molecule has 1 aliphatic carbocycles. The van der Waals surface area contributed by atoms with Crippen molar-refractivity contribution >= 4 is 0 Å². The van der Waals surface area contributed by atoms with Crippen LogP contribution in [0.1, 0.15) is 60.8 Å². The molecule has 1 aliphatic rings. The Morgan fingerprint density at radius 2 is 1.57 bits per heavy atom. The van der Waals surface area contributed by atoms with Gasteiger partial charge in [0.05, 0.1) is 0 Å². The summed E-state index contributed by atoms with van der Waals surface area (Å²) >= 11 is 0. The predicted molar refractivity (Wildman–Crippen MR) is 108 cm³/mol. The van der Waals surface area contributed by atoms with E-state index in [1.54, 1.807) is 6.08 Å². The molecule has 0 aliphatic heterocycles. The van der Waals surface area contributed by atoms with Crippen molar-refractivity contribution < 1.29 is 22.0 Å². The minimum Gasteiger partial charge on any atom is -0.206 e. The number of aryl methyl sites for hydroxylation is 1. The van der Waals surface area contributed by atoms with E-state index in [-0.39, 0.29) is 5.56 Å². The normalized spacial score (nSPS) is 19.5. The van der Waals surface area contributed by atoms with Gasteiger partial charge in [-0.15, -0.1) is 0 Å². The first-order valence-electron chi connectivity index (χ1n) is 10.1.